The van der Waals surface area contributed by atoms with E-state index in [1.54, 1.807) is 23.5 Å². The molecule has 0 atom stereocenters. The molecule has 124 valence electrons. The molecule has 0 fully saturated rings. The van der Waals surface area contributed by atoms with Gasteiger partial charge in [0.05, 0.1) is 12.2 Å². The third-order valence-corrected chi connectivity index (χ3v) is 4.52. The molecule has 4 nitrogen and oxygen atoms in total. The molecule has 1 aromatic carbocycles. The van der Waals surface area contributed by atoms with Gasteiger partial charge in [-0.15, -0.1) is 11.3 Å². The Morgan fingerprint density at radius 2 is 2.00 bits per heavy atom. The van der Waals surface area contributed by atoms with Crippen molar-refractivity contribution in [1.29, 1.82) is 0 Å². The Kier molecular flexibility index (Phi) is 6.10. The predicted molar refractivity (Wildman–Crippen MR) is 94.3 cm³/mol. The first-order chi connectivity index (χ1) is 11.0. The number of rotatable bonds is 5. The van der Waals surface area contributed by atoms with Gasteiger partial charge in [0.15, 0.2) is 5.96 Å². The van der Waals surface area contributed by atoms with Crippen molar-refractivity contribution in [2.75, 3.05) is 13.6 Å². The summed E-state index contributed by atoms with van der Waals surface area (Å²) >= 11 is 1.69. The van der Waals surface area contributed by atoms with Crippen LogP contribution in [0.2, 0.25) is 0 Å². The van der Waals surface area contributed by atoms with E-state index in [1.807, 2.05) is 25.8 Å². The lowest BCUT2D eigenvalue weighted by Gasteiger charge is -2.22. The molecular weight excluding hydrogens is 311 g/mol. The first-order valence-electron chi connectivity index (χ1n) is 7.66. The van der Waals surface area contributed by atoms with Gasteiger partial charge < -0.3 is 10.2 Å². The van der Waals surface area contributed by atoms with Crippen molar-refractivity contribution in [2.24, 2.45) is 4.99 Å². The van der Waals surface area contributed by atoms with Gasteiger partial charge in [-0.25, -0.2) is 14.4 Å². The molecule has 0 bridgehead atoms. The number of aliphatic imine (C=N–C) groups is 1. The minimum absolute atomic E-state index is 0.216. The molecule has 1 aromatic heterocycles. The lowest BCUT2D eigenvalue weighted by Crippen LogP contribution is -2.38. The van der Waals surface area contributed by atoms with Crippen molar-refractivity contribution in [2.45, 2.75) is 33.9 Å². The Morgan fingerprint density at radius 3 is 2.57 bits per heavy atom. The molecule has 0 saturated heterocycles. The Balaban J connectivity index is 2.06. The summed E-state index contributed by atoms with van der Waals surface area (Å²) in [5.41, 5.74) is 2.12. The first-order valence-corrected chi connectivity index (χ1v) is 8.48. The zero-order valence-electron chi connectivity index (χ0n) is 14.1. The summed E-state index contributed by atoms with van der Waals surface area (Å²) in [5.74, 6) is 0.605. The Hall–Kier alpha value is -1.95. The van der Waals surface area contributed by atoms with Gasteiger partial charge in [0, 0.05) is 25.0 Å². The van der Waals surface area contributed by atoms with E-state index in [-0.39, 0.29) is 5.82 Å². The van der Waals surface area contributed by atoms with Crippen LogP contribution >= 0.6 is 11.3 Å². The fourth-order valence-corrected chi connectivity index (χ4v) is 3.02. The van der Waals surface area contributed by atoms with E-state index >= 15 is 0 Å². The number of nitrogens with zero attached hydrogens (tertiary/aromatic N) is 3. The average Bonchev–Trinajstić information content (AvgIpc) is 2.84. The van der Waals surface area contributed by atoms with E-state index in [0.717, 1.165) is 28.8 Å². The van der Waals surface area contributed by atoms with Crippen molar-refractivity contribution in [1.82, 2.24) is 15.2 Å². The molecule has 0 aliphatic rings. The molecule has 0 amide bonds. The molecule has 1 N–H and O–H groups in total. The number of benzene rings is 1. The minimum Gasteiger partial charge on any atom is -0.357 e. The summed E-state index contributed by atoms with van der Waals surface area (Å²) in [6.45, 7) is 8.16. The van der Waals surface area contributed by atoms with E-state index in [4.69, 9.17) is 0 Å². The summed E-state index contributed by atoms with van der Waals surface area (Å²) in [6.07, 6.45) is 0. The first kappa shape index (κ1) is 17.4. The van der Waals surface area contributed by atoms with Gasteiger partial charge >= 0.3 is 0 Å². The minimum atomic E-state index is -0.216. The number of thiazole rings is 1. The molecule has 2 aromatic rings. The van der Waals surface area contributed by atoms with E-state index < -0.39 is 0 Å². The van der Waals surface area contributed by atoms with E-state index in [1.165, 1.54) is 17.0 Å². The van der Waals surface area contributed by atoms with Crippen LogP contribution in [0.25, 0.3) is 0 Å². The number of nitrogens with one attached hydrogen (secondary N) is 1. The molecule has 0 unspecified atom stereocenters. The van der Waals surface area contributed by atoms with Gasteiger partial charge in [-0.3, -0.25) is 0 Å². The number of halogens is 1. The molecule has 2 rings (SSSR count). The van der Waals surface area contributed by atoms with Crippen molar-refractivity contribution in [3.05, 3.63) is 51.2 Å². The summed E-state index contributed by atoms with van der Waals surface area (Å²) in [4.78, 5) is 12.4. The van der Waals surface area contributed by atoms with Crippen LogP contribution in [0.1, 0.15) is 28.1 Å². The highest BCUT2D eigenvalue weighted by atomic mass is 32.1. The Bertz CT molecular complexity index is 644. The van der Waals surface area contributed by atoms with Crippen molar-refractivity contribution >= 4 is 17.3 Å². The summed E-state index contributed by atoms with van der Waals surface area (Å²) < 4.78 is 13.0. The molecule has 0 radical (unpaired) electrons. The third kappa shape index (κ3) is 5.03. The maximum Gasteiger partial charge on any atom is 0.194 e. The molecule has 1 heterocycles. The number of guanidine groups is 1. The summed E-state index contributed by atoms with van der Waals surface area (Å²) in [6, 6.07) is 6.55. The summed E-state index contributed by atoms with van der Waals surface area (Å²) in [7, 11) is 1.98. The quantitative estimate of drug-likeness (QED) is 0.672. The van der Waals surface area contributed by atoms with Gasteiger partial charge in [-0.2, -0.15) is 0 Å². The number of aryl methyl sites for hydroxylation is 2. The van der Waals surface area contributed by atoms with Crippen molar-refractivity contribution < 1.29 is 4.39 Å². The number of hydrogen-bond donors (Lipinski definition) is 1. The second kappa shape index (κ2) is 8.06. The van der Waals surface area contributed by atoms with Crippen LogP contribution < -0.4 is 5.32 Å². The van der Waals surface area contributed by atoms with Crippen LogP contribution in [0.3, 0.4) is 0 Å². The standard InChI is InChI=1S/C17H23FN4S/c1-5-19-17(20-10-16-21-12(2)13(3)23-16)22(4)11-14-6-8-15(18)9-7-14/h6-9H,5,10-11H2,1-4H3,(H,19,20). The SMILES string of the molecule is CCNC(=NCc1nc(C)c(C)s1)N(C)Cc1ccc(F)cc1. The van der Waals surface area contributed by atoms with Crippen molar-refractivity contribution in [3.8, 4) is 0 Å². The van der Waals surface area contributed by atoms with Crippen molar-refractivity contribution in [3.63, 3.8) is 0 Å². The van der Waals surface area contributed by atoms with E-state index in [9.17, 15) is 4.39 Å². The smallest absolute Gasteiger partial charge is 0.194 e. The van der Waals surface area contributed by atoms with Crippen LogP contribution in [0.15, 0.2) is 29.3 Å². The monoisotopic (exact) mass is 334 g/mol. The largest absolute Gasteiger partial charge is 0.357 e. The number of aromatic nitrogens is 1. The maximum atomic E-state index is 13.0. The van der Waals surface area contributed by atoms with Crippen LogP contribution in [-0.4, -0.2) is 29.4 Å². The van der Waals surface area contributed by atoms with E-state index in [2.05, 4.69) is 22.2 Å². The third-order valence-electron chi connectivity index (χ3n) is 3.47. The highest BCUT2D eigenvalue weighted by Gasteiger charge is 2.08. The molecule has 0 spiro atoms. The van der Waals surface area contributed by atoms with Gasteiger partial charge in [0.25, 0.3) is 0 Å². The fraction of sp³-hybridized carbons (Fsp3) is 0.412. The molecule has 0 aliphatic heterocycles. The van der Waals surface area contributed by atoms with Gasteiger partial charge in [-0.05, 0) is 38.5 Å². The maximum absolute atomic E-state index is 13.0. The molecule has 0 saturated carbocycles. The second-order valence-electron chi connectivity index (χ2n) is 5.40. The van der Waals surface area contributed by atoms with Gasteiger partial charge in [0.1, 0.15) is 10.8 Å². The zero-order chi connectivity index (χ0) is 16.8. The van der Waals surface area contributed by atoms with Gasteiger partial charge in [-0.1, -0.05) is 12.1 Å². The Morgan fingerprint density at radius 1 is 1.30 bits per heavy atom. The second-order valence-corrected chi connectivity index (χ2v) is 6.69. The van der Waals surface area contributed by atoms with Crippen LogP contribution in [0, 0.1) is 19.7 Å². The van der Waals surface area contributed by atoms with Gasteiger partial charge in [0.2, 0.25) is 0 Å². The average molecular weight is 334 g/mol. The lowest BCUT2D eigenvalue weighted by molar-refractivity contribution is 0.476. The van der Waals surface area contributed by atoms with E-state index in [0.29, 0.717) is 13.1 Å². The molecule has 6 heteroatoms. The van der Waals surface area contributed by atoms with Crippen LogP contribution in [0.4, 0.5) is 4.39 Å². The normalized spacial score (nSPS) is 11.6. The molecular formula is C17H23FN4S. The predicted octanol–water partition coefficient (Wildman–Crippen LogP) is 3.50. The number of hydrogen-bond acceptors (Lipinski definition) is 3. The lowest BCUT2D eigenvalue weighted by atomic mass is 10.2. The zero-order valence-corrected chi connectivity index (χ0v) is 14.9. The fourth-order valence-electron chi connectivity index (χ4n) is 2.16. The molecule has 0 aliphatic carbocycles. The topological polar surface area (TPSA) is 40.5 Å². The van der Waals surface area contributed by atoms with Crippen LogP contribution in [-0.2, 0) is 13.1 Å². The highest BCUT2D eigenvalue weighted by molar-refractivity contribution is 7.11. The Labute approximate surface area is 141 Å². The highest BCUT2D eigenvalue weighted by Crippen LogP contribution is 2.17. The molecule has 23 heavy (non-hydrogen) atoms. The summed E-state index contributed by atoms with van der Waals surface area (Å²) in [5, 5.41) is 4.30. The van der Waals surface area contributed by atoms with Crippen LogP contribution in [0.5, 0.6) is 0 Å².